The van der Waals surface area contributed by atoms with Gasteiger partial charge in [-0.05, 0) is 19.1 Å². The molecule has 0 saturated heterocycles. The SMILES string of the molecule is C[C@@H](O)CSc1ccccc1O. The van der Waals surface area contributed by atoms with E-state index in [1.807, 2.05) is 12.1 Å². The number of rotatable bonds is 3. The molecule has 3 heteroatoms. The van der Waals surface area contributed by atoms with E-state index in [1.54, 1.807) is 19.1 Å². The van der Waals surface area contributed by atoms with E-state index < -0.39 is 0 Å². The summed E-state index contributed by atoms with van der Waals surface area (Å²) in [4.78, 5) is 0.818. The second-order valence-corrected chi connectivity index (χ2v) is 3.69. The van der Waals surface area contributed by atoms with E-state index in [0.29, 0.717) is 5.75 Å². The van der Waals surface area contributed by atoms with Crippen LogP contribution in [-0.4, -0.2) is 22.1 Å². The van der Waals surface area contributed by atoms with E-state index >= 15 is 0 Å². The van der Waals surface area contributed by atoms with Gasteiger partial charge in [-0.15, -0.1) is 11.8 Å². The number of hydrogen-bond donors (Lipinski definition) is 2. The average molecular weight is 184 g/mol. The Bertz CT molecular complexity index is 248. The van der Waals surface area contributed by atoms with Gasteiger partial charge in [0, 0.05) is 10.6 Å². The molecule has 0 unspecified atom stereocenters. The van der Waals surface area contributed by atoms with Gasteiger partial charge >= 0.3 is 0 Å². The summed E-state index contributed by atoms with van der Waals surface area (Å²) in [6.45, 7) is 1.73. The predicted octanol–water partition coefficient (Wildman–Crippen LogP) is 1.87. The van der Waals surface area contributed by atoms with Crippen LogP contribution in [0, 0.1) is 0 Å². The molecule has 0 amide bonds. The molecule has 0 aliphatic carbocycles. The fourth-order valence-electron chi connectivity index (χ4n) is 0.790. The molecule has 12 heavy (non-hydrogen) atoms. The fourth-order valence-corrected chi connectivity index (χ4v) is 1.60. The molecule has 0 bridgehead atoms. The number of phenolic OH excluding ortho intramolecular Hbond substituents is 1. The van der Waals surface area contributed by atoms with Crippen LogP contribution in [0.15, 0.2) is 29.2 Å². The minimum atomic E-state index is -0.338. The van der Waals surface area contributed by atoms with Crippen molar-refractivity contribution in [1.82, 2.24) is 0 Å². The maximum Gasteiger partial charge on any atom is 0.129 e. The molecule has 0 aliphatic heterocycles. The number of thioether (sulfide) groups is 1. The molecular weight excluding hydrogens is 172 g/mol. The molecule has 0 heterocycles. The molecule has 0 aliphatic rings. The Balaban J connectivity index is 2.57. The second kappa shape index (κ2) is 4.38. The average Bonchev–Trinajstić information content (AvgIpc) is 2.03. The first-order valence-electron chi connectivity index (χ1n) is 3.79. The first kappa shape index (κ1) is 9.42. The van der Waals surface area contributed by atoms with Gasteiger partial charge in [0.05, 0.1) is 6.10 Å². The lowest BCUT2D eigenvalue weighted by Gasteiger charge is -2.04. The molecule has 2 N–H and O–H groups in total. The smallest absolute Gasteiger partial charge is 0.129 e. The third-order valence-corrected chi connectivity index (χ3v) is 2.65. The van der Waals surface area contributed by atoms with Crippen LogP contribution in [0.25, 0.3) is 0 Å². The third-order valence-electron chi connectivity index (χ3n) is 1.35. The largest absolute Gasteiger partial charge is 0.507 e. The van der Waals surface area contributed by atoms with Crippen molar-refractivity contribution < 1.29 is 10.2 Å². The molecule has 0 fully saturated rings. The van der Waals surface area contributed by atoms with Gasteiger partial charge < -0.3 is 10.2 Å². The summed E-state index contributed by atoms with van der Waals surface area (Å²) >= 11 is 1.46. The highest BCUT2D eigenvalue weighted by atomic mass is 32.2. The van der Waals surface area contributed by atoms with Crippen molar-refractivity contribution >= 4 is 11.8 Å². The van der Waals surface area contributed by atoms with Gasteiger partial charge in [0.2, 0.25) is 0 Å². The monoisotopic (exact) mass is 184 g/mol. The first-order valence-corrected chi connectivity index (χ1v) is 4.77. The Labute approximate surface area is 76.2 Å². The van der Waals surface area contributed by atoms with Crippen LogP contribution in [0.5, 0.6) is 5.75 Å². The van der Waals surface area contributed by atoms with Gasteiger partial charge in [0.1, 0.15) is 5.75 Å². The first-order chi connectivity index (χ1) is 5.70. The van der Waals surface area contributed by atoms with E-state index in [0.717, 1.165) is 4.90 Å². The Morgan fingerprint density at radius 3 is 2.67 bits per heavy atom. The maximum absolute atomic E-state index is 9.32. The van der Waals surface area contributed by atoms with Crippen LogP contribution < -0.4 is 0 Å². The highest BCUT2D eigenvalue weighted by Gasteiger charge is 2.01. The van der Waals surface area contributed by atoms with Crippen molar-refractivity contribution in [3.8, 4) is 5.75 Å². The predicted molar refractivity (Wildman–Crippen MR) is 50.5 cm³/mol. The summed E-state index contributed by atoms with van der Waals surface area (Å²) in [7, 11) is 0. The Morgan fingerprint density at radius 2 is 2.08 bits per heavy atom. The summed E-state index contributed by atoms with van der Waals surface area (Å²) in [5.41, 5.74) is 0. The van der Waals surface area contributed by atoms with Gasteiger partial charge in [-0.2, -0.15) is 0 Å². The maximum atomic E-state index is 9.32. The summed E-state index contributed by atoms with van der Waals surface area (Å²) in [5.74, 6) is 0.889. The number of phenols is 1. The summed E-state index contributed by atoms with van der Waals surface area (Å²) in [5, 5.41) is 18.3. The van der Waals surface area contributed by atoms with Crippen molar-refractivity contribution in [2.24, 2.45) is 0 Å². The fraction of sp³-hybridized carbons (Fsp3) is 0.333. The Morgan fingerprint density at radius 1 is 1.42 bits per heavy atom. The third kappa shape index (κ3) is 2.75. The van der Waals surface area contributed by atoms with E-state index in [1.165, 1.54) is 11.8 Å². The molecule has 0 spiro atoms. The van der Waals surface area contributed by atoms with Crippen molar-refractivity contribution in [2.45, 2.75) is 17.9 Å². The Kier molecular flexibility index (Phi) is 3.44. The lowest BCUT2D eigenvalue weighted by Crippen LogP contribution is -2.02. The van der Waals surface area contributed by atoms with Crippen LogP contribution >= 0.6 is 11.8 Å². The van der Waals surface area contributed by atoms with E-state index in [-0.39, 0.29) is 11.9 Å². The molecule has 1 rings (SSSR count). The quantitative estimate of drug-likeness (QED) is 0.704. The topological polar surface area (TPSA) is 40.5 Å². The van der Waals surface area contributed by atoms with Crippen molar-refractivity contribution in [3.05, 3.63) is 24.3 Å². The van der Waals surface area contributed by atoms with Gasteiger partial charge in [0.15, 0.2) is 0 Å². The highest BCUT2D eigenvalue weighted by molar-refractivity contribution is 7.99. The molecule has 1 aromatic rings. The molecule has 0 saturated carbocycles. The van der Waals surface area contributed by atoms with Crippen LogP contribution in [0.2, 0.25) is 0 Å². The Hall–Kier alpha value is -0.670. The number of aliphatic hydroxyl groups is 1. The molecular formula is C9H12O2S. The van der Waals surface area contributed by atoms with Gasteiger partial charge in [-0.3, -0.25) is 0 Å². The zero-order valence-electron chi connectivity index (χ0n) is 6.90. The summed E-state index contributed by atoms with van der Waals surface area (Å²) in [6, 6.07) is 7.12. The minimum Gasteiger partial charge on any atom is -0.507 e. The van der Waals surface area contributed by atoms with Crippen LogP contribution in [0.1, 0.15) is 6.92 Å². The van der Waals surface area contributed by atoms with Crippen molar-refractivity contribution in [2.75, 3.05) is 5.75 Å². The number of aliphatic hydroxyl groups excluding tert-OH is 1. The minimum absolute atomic E-state index is 0.281. The normalized spacial score (nSPS) is 12.8. The number of aromatic hydroxyl groups is 1. The van der Waals surface area contributed by atoms with E-state index in [4.69, 9.17) is 5.11 Å². The molecule has 2 nitrogen and oxygen atoms in total. The van der Waals surface area contributed by atoms with Crippen molar-refractivity contribution in [3.63, 3.8) is 0 Å². The van der Waals surface area contributed by atoms with Gasteiger partial charge in [-0.25, -0.2) is 0 Å². The highest BCUT2D eigenvalue weighted by Crippen LogP contribution is 2.27. The van der Waals surface area contributed by atoms with Crippen LogP contribution in [0.3, 0.4) is 0 Å². The van der Waals surface area contributed by atoms with Crippen molar-refractivity contribution in [1.29, 1.82) is 0 Å². The molecule has 1 aromatic carbocycles. The molecule has 0 aromatic heterocycles. The zero-order chi connectivity index (χ0) is 8.97. The zero-order valence-corrected chi connectivity index (χ0v) is 7.71. The lowest BCUT2D eigenvalue weighted by molar-refractivity contribution is 0.220. The molecule has 0 radical (unpaired) electrons. The van der Waals surface area contributed by atoms with E-state index in [9.17, 15) is 5.11 Å². The van der Waals surface area contributed by atoms with Gasteiger partial charge in [-0.1, -0.05) is 12.1 Å². The second-order valence-electron chi connectivity index (χ2n) is 2.63. The summed E-state index contributed by atoms with van der Waals surface area (Å²) in [6.07, 6.45) is -0.338. The lowest BCUT2D eigenvalue weighted by atomic mass is 10.3. The number of para-hydroxylation sites is 1. The molecule has 1 atom stereocenters. The van der Waals surface area contributed by atoms with Crippen LogP contribution in [0.4, 0.5) is 0 Å². The van der Waals surface area contributed by atoms with E-state index in [2.05, 4.69) is 0 Å². The number of benzene rings is 1. The van der Waals surface area contributed by atoms with Crippen LogP contribution in [-0.2, 0) is 0 Å². The van der Waals surface area contributed by atoms with Gasteiger partial charge in [0.25, 0.3) is 0 Å². The summed E-state index contributed by atoms with van der Waals surface area (Å²) < 4.78 is 0. The number of hydrogen-bond acceptors (Lipinski definition) is 3. The molecule has 66 valence electrons. The standard InChI is InChI=1S/C9H12O2S/c1-7(10)6-12-9-5-3-2-4-8(9)11/h2-5,7,10-11H,6H2,1H3/t7-/m1/s1.